The predicted octanol–water partition coefficient (Wildman–Crippen LogP) is 3.40. The van der Waals surface area contributed by atoms with E-state index in [-0.39, 0.29) is 24.0 Å². The Morgan fingerprint density at radius 2 is 1.65 bits per heavy atom. The summed E-state index contributed by atoms with van der Waals surface area (Å²) in [5.41, 5.74) is 0.460. The Hall–Kier alpha value is 0. The second-order valence-corrected chi connectivity index (χ2v) is 5.44. The van der Waals surface area contributed by atoms with Gasteiger partial charge >= 0.3 is 0 Å². The number of nitrogens with zero attached hydrogens (tertiary/aromatic N) is 1. The van der Waals surface area contributed by atoms with Gasteiger partial charge in [0.2, 0.25) is 0 Å². The van der Waals surface area contributed by atoms with Crippen LogP contribution in [0.15, 0.2) is 4.99 Å². The van der Waals surface area contributed by atoms with E-state index >= 15 is 0 Å². The molecule has 0 unspecified atom stereocenters. The highest BCUT2D eigenvalue weighted by Crippen LogP contribution is 2.20. The third-order valence-corrected chi connectivity index (χ3v) is 2.41. The molecule has 0 aliphatic rings. The topological polar surface area (TPSA) is 36.4 Å². The quantitative estimate of drug-likeness (QED) is 0.332. The summed E-state index contributed by atoms with van der Waals surface area (Å²) < 4.78 is 0. The van der Waals surface area contributed by atoms with Gasteiger partial charge in [-0.3, -0.25) is 4.99 Å². The number of hydrogen-bond acceptors (Lipinski definition) is 1. The van der Waals surface area contributed by atoms with Crippen LogP contribution in [0.1, 0.15) is 53.4 Å². The van der Waals surface area contributed by atoms with Gasteiger partial charge in [-0.1, -0.05) is 34.1 Å². The number of halogens is 1. The highest BCUT2D eigenvalue weighted by Gasteiger charge is 2.08. The minimum absolute atomic E-state index is 0. The number of hydrogen-bond donors (Lipinski definition) is 2. The van der Waals surface area contributed by atoms with Gasteiger partial charge in [0.05, 0.1) is 0 Å². The summed E-state index contributed by atoms with van der Waals surface area (Å²) >= 11 is 0. The molecule has 0 radical (unpaired) electrons. The summed E-state index contributed by atoms with van der Waals surface area (Å²) in [5, 5.41) is 6.59. The van der Waals surface area contributed by atoms with Crippen molar-refractivity contribution >= 4 is 29.9 Å². The molecule has 0 saturated carbocycles. The Morgan fingerprint density at radius 3 is 2.12 bits per heavy atom. The minimum Gasteiger partial charge on any atom is -0.356 e. The molecule has 0 amide bonds. The Labute approximate surface area is 124 Å². The summed E-state index contributed by atoms with van der Waals surface area (Å²) in [4.78, 5) is 4.17. The minimum atomic E-state index is 0. The normalized spacial score (nSPS) is 11.9. The van der Waals surface area contributed by atoms with E-state index in [0.29, 0.717) is 5.41 Å². The van der Waals surface area contributed by atoms with E-state index < -0.39 is 0 Å². The fourth-order valence-electron chi connectivity index (χ4n) is 1.45. The number of aliphatic imine (C=N–C) groups is 1. The number of nitrogens with one attached hydrogen (secondary N) is 2. The Morgan fingerprint density at radius 1 is 1.06 bits per heavy atom. The monoisotopic (exact) mass is 355 g/mol. The van der Waals surface area contributed by atoms with Crippen molar-refractivity contribution in [2.24, 2.45) is 10.4 Å². The first kappa shape index (κ1) is 19.3. The average Bonchev–Trinajstić information content (AvgIpc) is 2.20. The number of guanidine groups is 1. The fourth-order valence-corrected chi connectivity index (χ4v) is 1.45. The van der Waals surface area contributed by atoms with E-state index in [0.717, 1.165) is 25.5 Å². The zero-order valence-corrected chi connectivity index (χ0v) is 14.4. The molecule has 2 N–H and O–H groups in total. The van der Waals surface area contributed by atoms with Gasteiger partial charge in [0.1, 0.15) is 0 Å². The molecular formula is C13H30IN3. The smallest absolute Gasteiger partial charge is 0.190 e. The Bertz CT molecular complexity index is 197. The van der Waals surface area contributed by atoms with Crippen molar-refractivity contribution in [1.82, 2.24) is 10.6 Å². The van der Waals surface area contributed by atoms with Crippen molar-refractivity contribution in [2.45, 2.75) is 53.4 Å². The molecule has 0 fully saturated rings. The highest BCUT2D eigenvalue weighted by molar-refractivity contribution is 14.0. The molecule has 0 bridgehead atoms. The van der Waals surface area contributed by atoms with Crippen LogP contribution in [0.2, 0.25) is 0 Å². The molecule has 0 aromatic rings. The van der Waals surface area contributed by atoms with Crippen molar-refractivity contribution in [1.29, 1.82) is 0 Å². The van der Waals surface area contributed by atoms with Crippen LogP contribution in [0.25, 0.3) is 0 Å². The molecular weight excluding hydrogens is 325 g/mol. The van der Waals surface area contributed by atoms with Crippen molar-refractivity contribution in [3.63, 3.8) is 0 Å². The lowest BCUT2D eigenvalue weighted by Crippen LogP contribution is -2.38. The molecule has 0 aromatic heterocycles. The summed E-state index contributed by atoms with van der Waals surface area (Å²) in [6, 6.07) is 0. The SMILES string of the molecule is CCCNC(=NC)NCCCCC(C)(C)C.I. The van der Waals surface area contributed by atoms with Gasteiger partial charge in [-0.25, -0.2) is 0 Å². The average molecular weight is 355 g/mol. The lowest BCUT2D eigenvalue weighted by atomic mass is 9.90. The molecule has 17 heavy (non-hydrogen) atoms. The molecule has 3 nitrogen and oxygen atoms in total. The van der Waals surface area contributed by atoms with Crippen molar-refractivity contribution in [3.8, 4) is 0 Å². The first-order valence-electron chi connectivity index (χ1n) is 6.44. The van der Waals surface area contributed by atoms with Crippen LogP contribution >= 0.6 is 24.0 Å². The molecule has 0 spiro atoms. The third-order valence-electron chi connectivity index (χ3n) is 2.41. The molecule has 0 aromatic carbocycles. The van der Waals surface area contributed by atoms with E-state index in [1.807, 2.05) is 7.05 Å². The Kier molecular flexibility index (Phi) is 12.6. The maximum absolute atomic E-state index is 4.17. The molecule has 0 saturated heterocycles. The zero-order chi connectivity index (χ0) is 12.4. The van der Waals surface area contributed by atoms with Crippen molar-refractivity contribution in [2.75, 3.05) is 20.1 Å². The summed E-state index contributed by atoms with van der Waals surface area (Å²) in [5.74, 6) is 0.928. The first-order valence-corrected chi connectivity index (χ1v) is 6.44. The second-order valence-electron chi connectivity index (χ2n) is 5.44. The Balaban J connectivity index is 0. The second kappa shape index (κ2) is 11.1. The van der Waals surface area contributed by atoms with Crippen LogP contribution in [-0.2, 0) is 0 Å². The van der Waals surface area contributed by atoms with Gasteiger partial charge in [0.25, 0.3) is 0 Å². The van der Waals surface area contributed by atoms with Crippen molar-refractivity contribution < 1.29 is 0 Å². The van der Waals surface area contributed by atoms with Crippen LogP contribution in [0.5, 0.6) is 0 Å². The van der Waals surface area contributed by atoms with Gasteiger partial charge in [-0.05, 0) is 24.7 Å². The fraction of sp³-hybridized carbons (Fsp3) is 0.923. The summed E-state index contributed by atoms with van der Waals surface area (Å²) in [6.07, 6.45) is 4.91. The third kappa shape index (κ3) is 13.9. The van der Waals surface area contributed by atoms with E-state index in [1.165, 1.54) is 19.3 Å². The maximum Gasteiger partial charge on any atom is 0.190 e. The molecule has 104 valence electrons. The molecule has 0 atom stereocenters. The molecule has 0 heterocycles. The van der Waals surface area contributed by atoms with Gasteiger partial charge in [-0.2, -0.15) is 0 Å². The van der Waals surface area contributed by atoms with Crippen LogP contribution < -0.4 is 10.6 Å². The van der Waals surface area contributed by atoms with Gasteiger partial charge in [0.15, 0.2) is 5.96 Å². The van der Waals surface area contributed by atoms with E-state index in [1.54, 1.807) is 0 Å². The molecule has 0 aliphatic heterocycles. The van der Waals surface area contributed by atoms with Gasteiger partial charge in [0, 0.05) is 20.1 Å². The summed E-state index contributed by atoms with van der Waals surface area (Å²) in [7, 11) is 1.82. The van der Waals surface area contributed by atoms with E-state index in [9.17, 15) is 0 Å². The first-order chi connectivity index (χ1) is 7.49. The van der Waals surface area contributed by atoms with E-state index in [4.69, 9.17) is 0 Å². The molecule has 0 rings (SSSR count). The molecule has 0 aliphatic carbocycles. The zero-order valence-electron chi connectivity index (χ0n) is 12.1. The highest BCUT2D eigenvalue weighted by atomic mass is 127. The number of rotatable bonds is 6. The van der Waals surface area contributed by atoms with E-state index in [2.05, 4.69) is 43.3 Å². The largest absolute Gasteiger partial charge is 0.356 e. The predicted molar refractivity (Wildman–Crippen MR) is 88.4 cm³/mol. The summed E-state index contributed by atoms with van der Waals surface area (Å²) in [6.45, 7) is 11.0. The van der Waals surface area contributed by atoms with Crippen molar-refractivity contribution in [3.05, 3.63) is 0 Å². The van der Waals surface area contributed by atoms with Crippen LogP contribution in [0.4, 0.5) is 0 Å². The lowest BCUT2D eigenvalue weighted by Gasteiger charge is -2.18. The standard InChI is InChI=1S/C13H29N3.HI/c1-6-10-15-12(14-5)16-11-8-7-9-13(2,3)4;/h6-11H2,1-5H3,(H2,14,15,16);1H. The lowest BCUT2D eigenvalue weighted by molar-refractivity contribution is 0.360. The maximum atomic E-state index is 4.17. The van der Waals surface area contributed by atoms with Gasteiger partial charge in [-0.15, -0.1) is 24.0 Å². The van der Waals surface area contributed by atoms with Crippen LogP contribution in [0, 0.1) is 5.41 Å². The number of unbranched alkanes of at least 4 members (excludes halogenated alkanes) is 1. The van der Waals surface area contributed by atoms with Crippen LogP contribution in [0.3, 0.4) is 0 Å². The van der Waals surface area contributed by atoms with Gasteiger partial charge < -0.3 is 10.6 Å². The van der Waals surface area contributed by atoms with Crippen LogP contribution in [-0.4, -0.2) is 26.1 Å². The molecule has 4 heteroatoms.